The SMILES string of the molecule is CC(C)(C(=O)N1CC2(CCCC2)C1)C(O)c1cc(Cl)cc(Cl)c1. The fourth-order valence-corrected chi connectivity index (χ4v) is 4.57. The number of hydrogen-bond donors (Lipinski definition) is 1. The van der Waals surface area contributed by atoms with Crippen molar-refractivity contribution in [2.24, 2.45) is 10.8 Å². The first kappa shape index (κ1) is 17.1. The molecule has 126 valence electrons. The van der Waals surface area contributed by atoms with Gasteiger partial charge >= 0.3 is 0 Å². The van der Waals surface area contributed by atoms with E-state index in [2.05, 4.69) is 0 Å². The number of carbonyl (C=O) groups excluding carboxylic acids is 1. The molecule has 0 bridgehead atoms. The first-order chi connectivity index (χ1) is 10.7. The highest BCUT2D eigenvalue weighted by atomic mass is 35.5. The minimum absolute atomic E-state index is 0.00128. The van der Waals surface area contributed by atoms with Crippen molar-refractivity contribution in [3.8, 4) is 0 Å². The summed E-state index contributed by atoms with van der Waals surface area (Å²) in [5.74, 6) is -0.00128. The zero-order valence-corrected chi connectivity index (χ0v) is 15.1. The molecule has 1 heterocycles. The van der Waals surface area contributed by atoms with E-state index in [0.29, 0.717) is 21.0 Å². The zero-order chi connectivity index (χ0) is 16.8. The van der Waals surface area contributed by atoms with Crippen molar-refractivity contribution in [2.75, 3.05) is 13.1 Å². The summed E-state index contributed by atoms with van der Waals surface area (Å²) in [4.78, 5) is 14.8. The van der Waals surface area contributed by atoms with Crippen LogP contribution in [0.25, 0.3) is 0 Å². The van der Waals surface area contributed by atoms with Crippen molar-refractivity contribution in [1.82, 2.24) is 4.90 Å². The minimum atomic E-state index is -0.939. The predicted octanol–water partition coefficient (Wildman–Crippen LogP) is 4.46. The highest BCUT2D eigenvalue weighted by molar-refractivity contribution is 6.34. The third kappa shape index (κ3) is 3.11. The van der Waals surface area contributed by atoms with Gasteiger partial charge in [0.15, 0.2) is 0 Å². The Bertz CT molecular complexity index is 595. The molecule has 1 N–H and O–H groups in total. The topological polar surface area (TPSA) is 40.5 Å². The third-order valence-corrected chi connectivity index (χ3v) is 5.88. The molecule has 1 aromatic carbocycles. The Hall–Kier alpha value is -0.770. The lowest BCUT2D eigenvalue weighted by Gasteiger charge is -2.51. The Morgan fingerprint density at radius 2 is 1.70 bits per heavy atom. The number of nitrogens with zero attached hydrogens (tertiary/aromatic N) is 1. The second kappa shape index (κ2) is 5.94. The average Bonchev–Trinajstić information content (AvgIpc) is 2.92. The Kier molecular flexibility index (Phi) is 4.41. The molecule has 1 saturated heterocycles. The van der Waals surface area contributed by atoms with Gasteiger partial charge in [-0.15, -0.1) is 0 Å². The van der Waals surface area contributed by atoms with E-state index >= 15 is 0 Å². The van der Waals surface area contributed by atoms with Crippen LogP contribution in [0.5, 0.6) is 0 Å². The summed E-state index contributed by atoms with van der Waals surface area (Å²) in [5, 5.41) is 11.7. The summed E-state index contributed by atoms with van der Waals surface area (Å²) < 4.78 is 0. The highest BCUT2D eigenvalue weighted by Gasteiger charge is 2.50. The van der Waals surface area contributed by atoms with E-state index in [4.69, 9.17) is 23.2 Å². The lowest BCUT2D eigenvalue weighted by atomic mass is 9.74. The van der Waals surface area contributed by atoms with Gasteiger partial charge in [0.25, 0.3) is 0 Å². The van der Waals surface area contributed by atoms with Crippen LogP contribution >= 0.6 is 23.2 Å². The van der Waals surface area contributed by atoms with Gasteiger partial charge in [0.05, 0.1) is 11.5 Å². The number of aliphatic hydroxyl groups excluding tert-OH is 1. The fourth-order valence-electron chi connectivity index (χ4n) is 4.02. The largest absolute Gasteiger partial charge is 0.387 e. The molecular weight excluding hydrogens is 333 g/mol. The van der Waals surface area contributed by atoms with E-state index in [1.165, 1.54) is 25.7 Å². The molecule has 2 fully saturated rings. The molecule has 1 unspecified atom stereocenters. The van der Waals surface area contributed by atoms with E-state index in [1.807, 2.05) is 4.90 Å². The normalized spacial score (nSPS) is 21.3. The van der Waals surface area contributed by atoms with Gasteiger partial charge in [0.1, 0.15) is 0 Å². The predicted molar refractivity (Wildman–Crippen MR) is 92.7 cm³/mol. The van der Waals surface area contributed by atoms with Gasteiger partial charge in [0.2, 0.25) is 5.91 Å². The molecular formula is C18H23Cl2NO2. The molecule has 1 spiro atoms. The Morgan fingerprint density at radius 3 is 2.22 bits per heavy atom. The van der Waals surface area contributed by atoms with Crippen LogP contribution in [0.4, 0.5) is 0 Å². The maximum Gasteiger partial charge on any atom is 0.231 e. The van der Waals surface area contributed by atoms with Crippen molar-refractivity contribution in [1.29, 1.82) is 0 Å². The van der Waals surface area contributed by atoms with Crippen molar-refractivity contribution >= 4 is 29.1 Å². The van der Waals surface area contributed by atoms with Crippen LogP contribution in [-0.2, 0) is 4.79 Å². The number of halogens is 2. The summed E-state index contributed by atoms with van der Waals surface area (Å²) in [6, 6.07) is 4.96. The molecule has 23 heavy (non-hydrogen) atoms. The smallest absolute Gasteiger partial charge is 0.231 e. The maximum absolute atomic E-state index is 12.9. The number of likely N-dealkylation sites (tertiary alicyclic amines) is 1. The Morgan fingerprint density at radius 1 is 1.17 bits per heavy atom. The van der Waals surface area contributed by atoms with Crippen molar-refractivity contribution < 1.29 is 9.90 Å². The van der Waals surface area contributed by atoms with Gasteiger partial charge in [0, 0.05) is 28.5 Å². The van der Waals surface area contributed by atoms with Crippen LogP contribution in [0.1, 0.15) is 51.2 Å². The first-order valence-corrected chi connectivity index (χ1v) is 8.93. The van der Waals surface area contributed by atoms with Crippen LogP contribution < -0.4 is 0 Å². The van der Waals surface area contributed by atoms with E-state index in [0.717, 1.165) is 13.1 Å². The van der Waals surface area contributed by atoms with E-state index in [9.17, 15) is 9.90 Å². The highest BCUT2D eigenvalue weighted by Crippen LogP contribution is 2.47. The van der Waals surface area contributed by atoms with Gasteiger partial charge in [-0.25, -0.2) is 0 Å². The minimum Gasteiger partial charge on any atom is -0.387 e. The van der Waals surface area contributed by atoms with E-state index < -0.39 is 11.5 Å². The second-order valence-corrected chi connectivity index (χ2v) is 8.57. The van der Waals surface area contributed by atoms with Gasteiger partial charge in [-0.1, -0.05) is 36.0 Å². The summed E-state index contributed by atoms with van der Waals surface area (Å²) >= 11 is 12.0. The number of hydrogen-bond acceptors (Lipinski definition) is 2. The molecule has 1 aromatic rings. The quantitative estimate of drug-likeness (QED) is 0.869. The Labute approximate surface area is 147 Å². The van der Waals surface area contributed by atoms with Gasteiger partial charge in [-0.05, 0) is 50.5 Å². The second-order valence-electron chi connectivity index (χ2n) is 7.70. The van der Waals surface area contributed by atoms with Gasteiger partial charge in [-0.3, -0.25) is 4.79 Å². The molecule has 1 aliphatic heterocycles. The zero-order valence-electron chi connectivity index (χ0n) is 13.6. The average molecular weight is 356 g/mol. The van der Waals surface area contributed by atoms with Crippen molar-refractivity contribution in [2.45, 2.75) is 45.6 Å². The monoisotopic (exact) mass is 355 g/mol. The molecule has 1 aliphatic carbocycles. The van der Waals surface area contributed by atoms with E-state index in [1.54, 1.807) is 32.0 Å². The number of carbonyl (C=O) groups is 1. The summed E-state index contributed by atoms with van der Waals surface area (Å²) in [6.45, 7) is 5.24. The molecule has 5 heteroatoms. The van der Waals surface area contributed by atoms with E-state index in [-0.39, 0.29) is 5.91 Å². The molecule has 3 rings (SSSR count). The number of rotatable bonds is 3. The molecule has 0 aromatic heterocycles. The molecule has 3 nitrogen and oxygen atoms in total. The number of amides is 1. The standard InChI is InChI=1S/C18H23Cl2NO2/c1-17(2,15(22)12-7-13(19)9-14(20)8-12)16(23)21-10-18(11-21)5-3-4-6-18/h7-9,15,22H,3-6,10-11H2,1-2H3. The summed E-state index contributed by atoms with van der Waals surface area (Å²) in [7, 11) is 0. The summed E-state index contributed by atoms with van der Waals surface area (Å²) in [5.41, 5.74) is 0.0292. The van der Waals surface area contributed by atoms with Crippen LogP contribution in [0.2, 0.25) is 10.0 Å². The first-order valence-electron chi connectivity index (χ1n) is 8.17. The van der Waals surface area contributed by atoms with Gasteiger partial charge < -0.3 is 10.0 Å². The molecule has 1 saturated carbocycles. The van der Waals surface area contributed by atoms with Gasteiger partial charge in [-0.2, -0.15) is 0 Å². The van der Waals surface area contributed by atoms with Crippen LogP contribution in [0.15, 0.2) is 18.2 Å². The molecule has 2 aliphatic rings. The Balaban J connectivity index is 1.73. The number of benzene rings is 1. The third-order valence-electron chi connectivity index (χ3n) is 5.44. The maximum atomic E-state index is 12.9. The van der Waals surface area contributed by atoms with Crippen LogP contribution in [0.3, 0.4) is 0 Å². The lowest BCUT2D eigenvalue weighted by molar-refractivity contribution is -0.159. The van der Waals surface area contributed by atoms with Crippen LogP contribution in [0, 0.1) is 10.8 Å². The summed E-state index contributed by atoms with van der Waals surface area (Å²) in [6.07, 6.45) is 4.06. The number of aliphatic hydroxyl groups is 1. The fraction of sp³-hybridized carbons (Fsp3) is 0.611. The van der Waals surface area contributed by atoms with Crippen molar-refractivity contribution in [3.63, 3.8) is 0 Å². The lowest BCUT2D eigenvalue weighted by Crippen LogP contribution is -2.60. The van der Waals surface area contributed by atoms with Crippen molar-refractivity contribution in [3.05, 3.63) is 33.8 Å². The molecule has 1 amide bonds. The molecule has 1 atom stereocenters. The molecule has 0 radical (unpaired) electrons. The van der Waals surface area contributed by atoms with Crippen LogP contribution in [-0.4, -0.2) is 29.0 Å².